The van der Waals surface area contributed by atoms with Crippen LogP contribution in [0.25, 0.3) is 22.2 Å². The number of nitrogens with zero attached hydrogens (tertiary/aromatic N) is 5. The highest BCUT2D eigenvalue weighted by Gasteiger charge is 2.15. The molecule has 0 aliphatic carbocycles. The number of aryl methyl sites for hydroxylation is 2. The molecule has 4 aromatic rings. The standard InChI is InChI=1S/C22H25N5O2S2/c1-5-17-14(4)12-18(31-17)21-25-23-19(28-21)13-30-22-26-24-20(29-22)15-8-10-16(11-9-15)27(6-2)7-3/h8-12H,5-7,13H2,1-4H3. The summed E-state index contributed by atoms with van der Waals surface area (Å²) in [5.74, 6) is 2.07. The second-order valence-corrected chi connectivity index (χ2v) is 9.02. The van der Waals surface area contributed by atoms with Crippen molar-refractivity contribution in [1.29, 1.82) is 0 Å². The van der Waals surface area contributed by atoms with Crippen molar-refractivity contribution in [2.45, 2.75) is 45.1 Å². The van der Waals surface area contributed by atoms with Crippen LogP contribution in [0, 0.1) is 6.92 Å². The number of anilines is 1. The van der Waals surface area contributed by atoms with Crippen LogP contribution in [-0.4, -0.2) is 33.5 Å². The summed E-state index contributed by atoms with van der Waals surface area (Å²) in [6, 6.07) is 10.3. The third kappa shape index (κ3) is 4.83. The van der Waals surface area contributed by atoms with Crippen LogP contribution in [0.4, 0.5) is 5.69 Å². The molecule has 0 bridgehead atoms. The molecular formula is C22H25N5O2S2. The first-order valence-corrected chi connectivity index (χ1v) is 12.1. The maximum atomic E-state index is 5.83. The van der Waals surface area contributed by atoms with Gasteiger partial charge in [0.05, 0.1) is 10.6 Å². The topological polar surface area (TPSA) is 81.1 Å². The first kappa shape index (κ1) is 21.6. The van der Waals surface area contributed by atoms with Gasteiger partial charge < -0.3 is 13.7 Å². The van der Waals surface area contributed by atoms with Crippen LogP contribution in [0.1, 0.15) is 37.1 Å². The maximum absolute atomic E-state index is 5.83. The molecule has 0 aliphatic rings. The first-order chi connectivity index (χ1) is 15.1. The Morgan fingerprint density at radius 2 is 1.68 bits per heavy atom. The molecule has 0 radical (unpaired) electrons. The average molecular weight is 456 g/mol. The van der Waals surface area contributed by atoms with E-state index in [1.54, 1.807) is 11.3 Å². The molecule has 0 unspecified atom stereocenters. The molecule has 162 valence electrons. The zero-order valence-electron chi connectivity index (χ0n) is 18.1. The van der Waals surface area contributed by atoms with Gasteiger partial charge in [-0.05, 0) is 63.1 Å². The summed E-state index contributed by atoms with van der Waals surface area (Å²) >= 11 is 3.08. The quantitative estimate of drug-likeness (QED) is 0.290. The van der Waals surface area contributed by atoms with E-state index < -0.39 is 0 Å². The number of hydrogen-bond acceptors (Lipinski definition) is 9. The molecule has 0 aliphatic heterocycles. The highest BCUT2D eigenvalue weighted by molar-refractivity contribution is 7.98. The first-order valence-electron chi connectivity index (χ1n) is 10.3. The van der Waals surface area contributed by atoms with E-state index in [1.165, 1.54) is 27.9 Å². The fourth-order valence-electron chi connectivity index (χ4n) is 3.30. The van der Waals surface area contributed by atoms with Gasteiger partial charge in [0.25, 0.3) is 11.1 Å². The van der Waals surface area contributed by atoms with Crippen LogP contribution in [-0.2, 0) is 12.2 Å². The van der Waals surface area contributed by atoms with E-state index in [1.807, 2.05) is 12.1 Å². The largest absolute Gasteiger partial charge is 0.419 e. The molecule has 31 heavy (non-hydrogen) atoms. The van der Waals surface area contributed by atoms with Crippen LogP contribution in [0.5, 0.6) is 0 Å². The van der Waals surface area contributed by atoms with Crippen molar-refractivity contribution in [3.63, 3.8) is 0 Å². The number of rotatable bonds is 9. The van der Waals surface area contributed by atoms with Gasteiger partial charge in [-0.3, -0.25) is 0 Å². The Morgan fingerprint density at radius 1 is 0.935 bits per heavy atom. The second kappa shape index (κ2) is 9.65. The lowest BCUT2D eigenvalue weighted by molar-refractivity contribution is 0.464. The lowest BCUT2D eigenvalue weighted by atomic mass is 10.2. The Labute approximate surface area is 189 Å². The van der Waals surface area contributed by atoms with Crippen LogP contribution in [0.3, 0.4) is 0 Å². The molecule has 0 fully saturated rings. The highest BCUT2D eigenvalue weighted by atomic mass is 32.2. The SMILES string of the molecule is CCc1sc(-c2nnc(CSc3nnc(-c4ccc(N(CC)CC)cc4)o3)o2)cc1C. The highest BCUT2D eigenvalue weighted by Crippen LogP contribution is 2.32. The van der Waals surface area contributed by atoms with Gasteiger partial charge in [-0.15, -0.1) is 31.7 Å². The summed E-state index contributed by atoms with van der Waals surface area (Å²) in [5.41, 5.74) is 3.34. The Morgan fingerprint density at radius 3 is 2.35 bits per heavy atom. The van der Waals surface area contributed by atoms with Gasteiger partial charge in [-0.2, -0.15) is 0 Å². The molecule has 0 spiro atoms. The molecule has 1 aromatic carbocycles. The Kier molecular flexibility index (Phi) is 6.72. The Balaban J connectivity index is 1.39. The number of hydrogen-bond donors (Lipinski definition) is 0. The van der Waals surface area contributed by atoms with Crippen LogP contribution < -0.4 is 4.90 Å². The second-order valence-electron chi connectivity index (χ2n) is 6.95. The molecule has 0 atom stereocenters. The van der Waals surface area contributed by atoms with E-state index in [0.29, 0.717) is 28.6 Å². The third-order valence-corrected chi connectivity index (χ3v) is 7.16. The molecule has 3 heterocycles. The summed E-state index contributed by atoms with van der Waals surface area (Å²) in [6.45, 7) is 10.5. The number of aromatic nitrogens is 4. The number of thiophene rings is 1. The summed E-state index contributed by atoms with van der Waals surface area (Å²) < 4.78 is 11.6. The fraction of sp³-hybridized carbons (Fsp3) is 0.364. The minimum Gasteiger partial charge on any atom is -0.419 e. The van der Waals surface area contributed by atoms with Gasteiger partial charge in [0.2, 0.25) is 11.8 Å². The number of thioether (sulfide) groups is 1. The van der Waals surface area contributed by atoms with Gasteiger partial charge in [0, 0.05) is 29.2 Å². The van der Waals surface area contributed by atoms with Crippen molar-refractivity contribution >= 4 is 28.8 Å². The molecule has 7 nitrogen and oxygen atoms in total. The summed E-state index contributed by atoms with van der Waals surface area (Å²) in [7, 11) is 0. The van der Waals surface area contributed by atoms with Crippen molar-refractivity contribution in [3.05, 3.63) is 46.7 Å². The van der Waals surface area contributed by atoms with Crippen molar-refractivity contribution in [3.8, 4) is 22.2 Å². The summed E-state index contributed by atoms with van der Waals surface area (Å²) in [5, 5.41) is 17.1. The van der Waals surface area contributed by atoms with Gasteiger partial charge in [0.15, 0.2) is 0 Å². The monoisotopic (exact) mass is 455 g/mol. The van der Waals surface area contributed by atoms with Gasteiger partial charge in [0.1, 0.15) is 0 Å². The van der Waals surface area contributed by atoms with Gasteiger partial charge in [-0.25, -0.2) is 0 Å². The number of benzene rings is 1. The molecule has 9 heteroatoms. The molecule has 4 rings (SSSR count). The van der Waals surface area contributed by atoms with E-state index in [0.717, 1.165) is 30.0 Å². The van der Waals surface area contributed by atoms with Crippen molar-refractivity contribution in [1.82, 2.24) is 20.4 Å². The van der Waals surface area contributed by atoms with E-state index >= 15 is 0 Å². The molecular weight excluding hydrogens is 430 g/mol. The van der Waals surface area contributed by atoms with E-state index in [4.69, 9.17) is 8.83 Å². The summed E-state index contributed by atoms with van der Waals surface area (Å²) in [4.78, 5) is 4.64. The predicted molar refractivity (Wildman–Crippen MR) is 125 cm³/mol. The van der Waals surface area contributed by atoms with Crippen molar-refractivity contribution in [2.24, 2.45) is 0 Å². The van der Waals surface area contributed by atoms with E-state index in [-0.39, 0.29) is 0 Å². The minimum absolute atomic E-state index is 0.473. The Hall–Kier alpha value is -2.65. The van der Waals surface area contributed by atoms with Gasteiger partial charge >= 0.3 is 0 Å². The van der Waals surface area contributed by atoms with Crippen LogP contribution in [0.15, 0.2) is 44.4 Å². The molecule has 0 saturated carbocycles. The van der Waals surface area contributed by atoms with Crippen molar-refractivity contribution in [2.75, 3.05) is 18.0 Å². The predicted octanol–water partition coefficient (Wildman–Crippen LogP) is 5.86. The minimum atomic E-state index is 0.473. The zero-order chi connectivity index (χ0) is 21.8. The van der Waals surface area contributed by atoms with E-state index in [9.17, 15) is 0 Å². The fourth-order valence-corrected chi connectivity index (χ4v) is 4.93. The normalized spacial score (nSPS) is 11.2. The van der Waals surface area contributed by atoms with Crippen LogP contribution in [0.2, 0.25) is 0 Å². The molecule has 0 N–H and O–H groups in total. The smallest absolute Gasteiger partial charge is 0.277 e. The van der Waals surface area contributed by atoms with Crippen LogP contribution >= 0.6 is 23.1 Å². The maximum Gasteiger partial charge on any atom is 0.277 e. The third-order valence-electron chi connectivity index (χ3n) is 4.99. The lowest BCUT2D eigenvalue weighted by Gasteiger charge is -2.20. The van der Waals surface area contributed by atoms with E-state index in [2.05, 4.69) is 71.2 Å². The average Bonchev–Trinajstić information content (AvgIpc) is 3.53. The summed E-state index contributed by atoms with van der Waals surface area (Å²) in [6.07, 6.45) is 1.00. The molecule has 0 amide bonds. The molecule has 0 saturated heterocycles. The lowest BCUT2D eigenvalue weighted by Crippen LogP contribution is -2.21. The zero-order valence-corrected chi connectivity index (χ0v) is 19.7. The Bertz CT molecular complexity index is 1130. The van der Waals surface area contributed by atoms with Crippen molar-refractivity contribution < 1.29 is 8.83 Å². The molecule has 3 aromatic heterocycles. The van der Waals surface area contributed by atoms with Gasteiger partial charge in [-0.1, -0.05) is 18.7 Å².